The molecule has 0 saturated carbocycles. The third-order valence-electron chi connectivity index (χ3n) is 2.62. The molecule has 1 aromatic carbocycles. The minimum atomic E-state index is -0.877. The third kappa shape index (κ3) is 3.66. The molecule has 3 heteroatoms. The monoisotopic (exact) mass is 222 g/mol. The Balaban J connectivity index is 2.62. The zero-order valence-electron chi connectivity index (χ0n) is 9.68. The molecule has 0 aliphatic carbocycles. The van der Waals surface area contributed by atoms with Crippen LogP contribution in [0.1, 0.15) is 49.8 Å². The fraction of sp³-hybridized carbons (Fsp3) is 0.462. The van der Waals surface area contributed by atoms with Gasteiger partial charge in [0, 0.05) is 6.42 Å². The minimum absolute atomic E-state index is 0.00685. The first kappa shape index (κ1) is 12.7. The van der Waals surface area contributed by atoms with Crippen LogP contribution in [0.3, 0.4) is 0 Å². The van der Waals surface area contributed by atoms with Gasteiger partial charge in [-0.3, -0.25) is 4.79 Å². The quantitative estimate of drug-likeness (QED) is 0.805. The highest BCUT2D eigenvalue weighted by Crippen LogP contribution is 2.21. The van der Waals surface area contributed by atoms with Crippen molar-refractivity contribution < 1.29 is 15.0 Å². The summed E-state index contributed by atoms with van der Waals surface area (Å²) in [5, 5.41) is 18.3. The lowest BCUT2D eigenvalue weighted by atomic mass is 9.98. The van der Waals surface area contributed by atoms with E-state index in [1.807, 2.05) is 24.3 Å². The number of rotatable bonds is 5. The fourth-order valence-electron chi connectivity index (χ4n) is 1.53. The first-order valence-electron chi connectivity index (χ1n) is 5.50. The van der Waals surface area contributed by atoms with E-state index in [1.54, 1.807) is 0 Å². The third-order valence-corrected chi connectivity index (χ3v) is 2.62. The van der Waals surface area contributed by atoms with Crippen molar-refractivity contribution in [1.29, 1.82) is 0 Å². The fourth-order valence-corrected chi connectivity index (χ4v) is 1.53. The van der Waals surface area contributed by atoms with Gasteiger partial charge < -0.3 is 10.2 Å². The normalized spacial score (nSPS) is 12.8. The van der Waals surface area contributed by atoms with Gasteiger partial charge >= 0.3 is 5.97 Å². The number of hydrogen-bond donors (Lipinski definition) is 2. The van der Waals surface area contributed by atoms with Crippen molar-refractivity contribution in [3.05, 3.63) is 35.4 Å². The van der Waals surface area contributed by atoms with Gasteiger partial charge in [0.1, 0.15) is 0 Å². The highest BCUT2D eigenvalue weighted by Gasteiger charge is 2.10. The highest BCUT2D eigenvalue weighted by atomic mass is 16.4. The van der Waals surface area contributed by atoms with Crippen LogP contribution in [0.5, 0.6) is 0 Å². The molecule has 0 saturated heterocycles. The zero-order valence-corrected chi connectivity index (χ0v) is 9.68. The number of carbonyl (C=O) groups is 1. The Bertz CT molecular complexity index is 341. The zero-order chi connectivity index (χ0) is 12.1. The number of benzene rings is 1. The molecule has 3 nitrogen and oxygen atoms in total. The standard InChI is InChI=1S/C13H18O3/c1-9(2)10-3-5-11(6-4-10)12(14)7-8-13(15)16/h3-6,9,12,14H,7-8H2,1-2H3,(H,15,16). The van der Waals surface area contributed by atoms with Crippen LogP contribution >= 0.6 is 0 Å². The smallest absolute Gasteiger partial charge is 0.303 e. The van der Waals surface area contributed by atoms with Crippen molar-refractivity contribution in [3.63, 3.8) is 0 Å². The lowest BCUT2D eigenvalue weighted by molar-refractivity contribution is -0.137. The highest BCUT2D eigenvalue weighted by molar-refractivity contribution is 5.66. The number of aliphatic hydroxyl groups is 1. The van der Waals surface area contributed by atoms with Crippen LogP contribution in [0.25, 0.3) is 0 Å². The number of hydrogen-bond acceptors (Lipinski definition) is 2. The lowest BCUT2D eigenvalue weighted by Gasteiger charge is -2.11. The molecule has 0 fully saturated rings. The van der Waals surface area contributed by atoms with E-state index < -0.39 is 12.1 Å². The summed E-state index contributed by atoms with van der Waals surface area (Å²) in [5.41, 5.74) is 2.00. The summed E-state index contributed by atoms with van der Waals surface area (Å²) in [6, 6.07) is 7.68. The van der Waals surface area contributed by atoms with E-state index in [0.717, 1.165) is 5.56 Å². The average molecular weight is 222 g/mol. The van der Waals surface area contributed by atoms with Crippen molar-refractivity contribution in [2.24, 2.45) is 0 Å². The van der Waals surface area contributed by atoms with E-state index in [2.05, 4.69) is 13.8 Å². The van der Waals surface area contributed by atoms with Gasteiger partial charge in [-0.2, -0.15) is 0 Å². The molecule has 0 aromatic heterocycles. The van der Waals surface area contributed by atoms with Gasteiger partial charge in [0.25, 0.3) is 0 Å². The predicted molar refractivity (Wildman–Crippen MR) is 62.4 cm³/mol. The maximum absolute atomic E-state index is 10.4. The molecule has 88 valence electrons. The number of carboxylic acids is 1. The van der Waals surface area contributed by atoms with Crippen molar-refractivity contribution in [1.82, 2.24) is 0 Å². The second-order valence-corrected chi connectivity index (χ2v) is 4.27. The number of aliphatic hydroxyl groups excluding tert-OH is 1. The Morgan fingerprint density at radius 3 is 2.12 bits per heavy atom. The van der Waals surface area contributed by atoms with E-state index in [9.17, 15) is 9.90 Å². The van der Waals surface area contributed by atoms with Crippen LogP contribution in [0.2, 0.25) is 0 Å². The van der Waals surface area contributed by atoms with Gasteiger partial charge in [-0.05, 0) is 23.5 Å². The second-order valence-electron chi connectivity index (χ2n) is 4.27. The molecule has 0 aliphatic rings. The van der Waals surface area contributed by atoms with Crippen molar-refractivity contribution in [3.8, 4) is 0 Å². The second kappa shape index (κ2) is 5.66. The molecule has 0 amide bonds. The summed E-state index contributed by atoms with van der Waals surface area (Å²) in [7, 11) is 0. The van der Waals surface area contributed by atoms with Crippen molar-refractivity contribution in [2.45, 2.75) is 38.7 Å². The molecular weight excluding hydrogens is 204 g/mol. The molecule has 1 rings (SSSR count). The molecule has 1 aromatic rings. The van der Waals surface area contributed by atoms with E-state index >= 15 is 0 Å². The predicted octanol–water partition coefficient (Wildman–Crippen LogP) is 2.71. The van der Waals surface area contributed by atoms with Gasteiger partial charge in [-0.25, -0.2) is 0 Å². The van der Waals surface area contributed by atoms with Crippen LogP contribution in [0.4, 0.5) is 0 Å². The van der Waals surface area contributed by atoms with Crippen LogP contribution < -0.4 is 0 Å². The number of carboxylic acid groups (broad SMARTS) is 1. The molecule has 0 spiro atoms. The molecule has 1 atom stereocenters. The van der Waals surface area contributed by atoms with E-state index in [1.165, 1.54) is 5.56 Å². The Labute approximate surface area is 95.7 Å². The Hall–Kier alpha value is -1.35. The Morgan fingerprint density at radius 1 is 1.19 bits per heavy atom. The maximum atomic E-state index is 10.4. The average Bonchev–Trinajstić information content (AvgIpc) is 2.26. The summed E-state index contributed by atoms with van der Waals surface area (Å²) in [4.78, 5) is 10.4. The minimum Gasteiger partial charge on any atom is -0.481 e. The van der Waals surface area contributed by atoms with Gasteiger partial charge in [-0.1, -0.05) is 38.1 Å². The SMILES string of the molecule is CC(C)c1ccc(C(O)CCC(=O)O)cc1. The maximum Gasteiger partial charge on any atom is 0.303 e. The van der Waals surface area contributed by atoms with Crippen LogP contribution in [0, 0.1) is 0 Å². The molecule has 2 N–H and O–H groups in total. The molecule has 0 bridgehead atoms. The van der Waals surface area contributed by atoms with Gasteiger partial charge in [0.15, 0.2) is 0 Å². The van der Waals surface area contributed by atoms with Gasteiger partial charge in [0.05, 0.1) is 6.10 Å². The summed E-state index contributed by atoms with van der Waals surface area (Å²) in [6.07, 6.45) is -0.430. The molecular formula is C13H18O3. The lowest BCUT2D eigenvalue weighted by Crippen LogP contribution is -2.02. The van der Waals surface area contributed by atoms with E-state index in [4.69, 9.17) is 5.11 Å². The molecule has 0 aliphatic heterocycles. The summed E-state index contributed by atoms with van der Waals surface area (Å²) in [6.45, 7) is 4.21. The van der Waals surface area contributed by atoms with Gasteiger partial charge in [0.2, 0.25) is 0 Å². The molecule has 0 heterocycles. The Kier molecular flexibility index (Phi) is 4.50. The summed E-state index contributed by atoms with van der Waals surface area (Å²) < 4.78 is 0. The molecule has 0 radical (unpaired) electrons. The first-order chi connectivity index (χ1) is 7.50. The Morgan fingerprint density at radius 2 is 1.69 bits per heavy atom. The van der Waals surface area contributed by atoms with E-state index in [0.29, 0.717) is 5.92 Å². The van der Waals surface area contributed by atoms with Crippen LogP contribution in [-0.2, 0) is 4.79 Å². The van der Waals surface area contributed by atoms with Crippen LogP contribution in [0.15, 0.2) is 24.3 Å². The van der Waals surface area contributed by atoms with Gasteiger partial charge in [-0.15, -0.1) is 0 Å². The van der Waals surface area contributed by atoms with Crippen LogP contribution in [-0.4, -0.2) is 16.2 Å². The first-order valence-corrected chi connectivity index (χ1v) is 5.50. The van der Waals surface area contributed by atoms with Crippen molar-refractivity contribution in [2.75, 3.05) is 0 Å². The van der Waals surface area contributed by atoms with Crippen molar-refractivity contribution >= 4 is 5.97 Å². The number of aliphatic carboxylic acids is 1. The van der Waals surface area contributed by atoms with E-state index in [-0.39, 0.29) is 12.8 Å². The molecule has 16 heavy (non-hydrogen) atoms. The topological polar surface area (TPSA) is 57.5 Å². The largest absolute Gasteiger partial charge is 0.481 e. The molecule has 1 unspecified atom stereocenters. The summed E-state index contributed by atoms with van der Waals surface area (Å²) >= 11 is 0. The summed E-state index contributed by atoms with van der Waals surface area (Å²) in [5.74, 6) is -0.414.